The third-order valence-corrected chi connectivity index (χ3v) is 4.16. The van der Waals surface area contributed by atoms with Crippen LogP contribution >= 0.6 is 0 Å². The van der Waals surface area contributed by atoms with Crippen LogP contribution in [0.25, 0.3) is 0 Å². The Morgan fingerprint density at radius 1 is 1.04 bits per heavy atom. The normalized spacial score (nSPS) is 12.0. The monoisotopic (exact) mass is 361 g/mol. The van der Waals surface area contributed by atoms with Gasteiger partial charge in [-0.25, -0.2) is 4.99 Å². The van der Waals surface area contributed by atoms with E-state index in [9.17, 15) is 4.79 Å². The maximum atomic E-state index is 11.9. The minimum atomic E-state index is 0.0187. The first-order chi connectivity index (χ1) is 12.3. The minimum Gasteiger partial charge on any atom is -0.355 e. The summed E-state index contributed by atoms with van der Waals surface area (Å²) in [6, 6.07) is 11.1. The molecule has 0 aliphatic carbocycles. The van der Waals surface area contributed by atoms with Crippen molar-refractivity contribution in [3.8, 4) is 0 Å². The summed E-state index contributed by atoms with van der Waals surface area (Å²) >= 11 is 0. The Kier molecular flexibility index (Phi) is 9.73. The average Bonchev–Trinajstić information content (AvgIpc) is 2.59. The molecule has 0 spiro atoms. The molecule has 146 valence electrons. The van der Waals surface area contributed by atoms with E-state index in [1.54, 1.807) is 19.0 Å². The minimum absolute atomic E-state index is 0.0187. The highest BCUT2D eigenvalue weighted by molar-refractivity contribution is 5.86. The van der Waals surface area contributed by atoms with Crippen molar-refractivity contribution in [2.75, 3.05) is 33.7 Å². The van der Waals surface area contributed by atoms with Gasteiger partial charge in [0.05, 0.1) is 13.1 Å². The lowest BCUT2D eigenvalue weighted by Gasteiger charge is -2.30. The lowest BCUT2D eigenvalue weighted by molar-refractivity contribution is -0.127. The van der Waals surface area contributed by atoms with E-state index in [1.165, 1.54) is 0 Å². The fourth-order valence-corrected chi connectivity index (χ4v) is 2.66. The maximum absolute atomic E-state index is 11.9. The van der Waals surface area contributed by atoms with Gasteiger partial charge in [-0.05, 0) is 33.3 Å². The molecule has 0 fully saturated rings. The van der Waals surface area contributed by atoms with Crippen LogP contribution in [0.5, 0.6) is 0 Å². The number of likely N-dealkylation sites (N-methyl/N-ethyl adjacent to an activating group) is 1. The van der Waals surface area contributed by atoms with Crippen molar-refractivity contribution in [3.63, 3.8) is 0 Å². The highest BCUT2D eigenvalue weighted by atomic mass is 16.2. The van der Waals surface area contributed by atoms with Crippen LogP contribution in [-0.4, -0.2) is 67.5 Å². The highest BCUT2D eigenvalue weighted by Crippen LogP contribution is 2.03. The topological polar surface area (TPSA) is 60.0 Å². The number of carbonyl (C=O) groups excluding carboxylic acids is 1. The van der Waals surface area contributed by atoms with Crippen LogP contribution in [0.15, 0.2) is 35.3 Å². The molecule has 0 bridgehead atoms. The standard InChI is InChI=1S/C20H35N5O/c1-16(2)25(17(3)4)13-12-21-20(23-15-19(26)24(5)6)22-14-18-10-8-7-9-11-18/h7-11,16-17H,12-15H2,1-6H3,(H2,21,22,23). The van der Waals surface area contributed by atoms with Gasteiger partial charge in [-0.3, -0.25) is 9.69 Å². The van der Waals surface area contributed by atoms with Crippen molar-refractivity contribution in [1.82, 2.24) is 20.4 Å². The van der Waals surface area contributed by atoms with Crippen LogP contribution in [0.1, 0.15) is 33.3 Å². The zero-order chi connectivity index (χ0) is 19.5. The number of amides is 1. The maximum Gasteiger partial charge on any atom is 0.241 e. The lowest BCUT2D eigenvalue weighted by Crippen LogP contribution is -2.47. The molecular weight excluding hydrogens is 326 g/mol. The smallest absolute Gasteiger partial charge is 0.241 e. The van der Waals surface area contributed by atoms with Gasteiger partial charge in [-0.15, -0.1) is 0 Å². The molecule has 0 radical (unpaired) electrons. The third kappa shape index (κ3) is 8.34. The van der Waals surface area contributed by atoms with E-state index in [2.05, 4.69) is 48.2 Å². The predicted octanol–water partition coefficient (Wildman–Crippen LogP) is 1.93. The third-order valence-electron chi connectivity index (χ3n) is 4.16. The highest BCUT2D eigenvalue weighted by Gasteiger charge is 2.13. The van der Waals surface area contributed by atoms with Crippen LogP contribution in [0.2, 0.25) is 0 Å². The van der Waals surface area contributed by atoms with Gasteiger partial charge < -0.3 is 15.5 Å². The summed E-state index contributed by atoms with van der Waals surface area (Å²) in [6.45, 7) is 11.3. The summed E-state index contributed by atoms with van der Waals surface area (Å²) in [7, 11) is 3.50. The van der Waals surface area contributed by atoms with Crippen molar-refractivity contribution in [3.05, 3.63) is 35.9 Å². The first-order valence-electron chi connectivity index (χ1n) is 9.33. The number of rotatable bonds is 9. The van der Waals surface area contributed by atoms with Crippen molar-refractivity contribution < 1.29 is 4.79 Å². The quantitative estimate of drug-likeness (QED) is 0.521. The number of aliphatic imine (C=N–C) groups is 1. The van der Waals surface area contributed by atoms with Crippen LogP contribution in [-0.2, 0) is 11.3 Å². The Morgan fingerprint density at radius 2 is 1.65 bits per heavy atom. The van der Waals surface area contributed by atoms with Crippen molar-refractivity contribution >= 4 is 11.9 Å². The number of hydrogen-bond donors (Lipinski definition) is 2. The van der Waals surface area contributed by atoms with E-state index in [4.69, 9.17) is 0 Å². The molecule has 1 aromatic rings. The number of hydrogen-bond acceptors (Lipinski definition) is 3. The van der Waals surface area contributed by atoms with E-state index in [1.807, 2.05) is 30.3 Å². The molecule has 0 aliphatic rings. The average molecular weight is 362 g/mol. The van der Waals surface area contributed by atoms with Gasteiger partial charge in [-0.2, -0.15) is 0 Å². The summed E-state index contributed by atoms with van der Waals surface area (Å²) in [5, 5.41) is 6.48. The Bertz CT molecular complexity index is 547. The van der Waals surface area contributed by atoms with Gasteiger partial charge >= 0.3 is 0 Å². The summed E-state index contributed by atoms with van der Waals surface area (Å²) in [5.41, 5.74) is 1.14. The number of guanidine groups is 1. The summed E-state index contributed by atoms with van der Waals surface area (Å²) in [6.07, 6.45) is 0. The fraction of sp³-hybridized carbons (Fsp3) is 0.600. The summed E-state index contributed by atoms with van der Waals surface area (Å²) in [4.78, 5) is 20.5. The van der Waals surface area contributed by atoms with Crippen molar-refractivity contribution in [2.24, 2.45) is 4.99 Å². The predicted molar refractivity (Wildman–Crippen MR) is 109 cm³/mol. The summed E-state index contributed by atoms with van der Waals surface area (Å²) < 4.78 is 0. The van der Waals surface area contributed by atoms with Gasteiger partial charge in [-0.1, -0.05) is 30.3 Å². The molecule has 0 unspecified atom stereocenters. The van der Waals surface area contributed by atoms with Crippen LogP contribution in [0, 0.1) is 0 Å². The molecular formula is C20H35N5O. The molecule has 26 heavy (non-hydrogen) atoms. The number of benzene rings is 1. The van der Waals surface area contributed by atoms with Crippen LogP contribution in [0.4, 0.5) is 0 Å². The molecule has 0 aliphatic heterocycles. The SMILES string of the molecule is CC(C)N(CCNC(=NCc1ccccc1)NCC(=O)N(C)C)C(C)C. The van der Waals surface area contributed by atoms with Gasteiger partial charge in [0.15, 0.2) is 5.96 Å². The van der Waals surface area contributed by atoms with Gasteiger partial charge in [0.2, 0.25) is 5.91 Å². The molecule has 1 amide bonds. The number of nitrogens with one attached hydrogen (secondary N) is 2. The molecule has 0 saturated heterocycles. The molecule has 0 saturated carbocycles. The summed E-state index contributed by atoms with van der Waals surface area (Å²) in [5.74, 6) is 0.682. The second-order valence-corrected chi connectivity index (χ2v) is 7.14. The molecule has 0 aromatic heterocycles. The van der Waals surface area contributed by atoms with E-state index in [0.717, 1.165) is 18.7 Å². The van der Waals surface area contributed by atoms with Gasteiger partial charge in [0.1, 0.15) is 0 Å². The molecule has 1 rings (SSSR count). The Morgan fingerprint density at radius 3 is 2.19 bits per heavy atom. The molecule has 0 heterocycles. The molecule has 6 heteroatoms. The lowest BCUT2D eigenvalue weighted by atomic mass is 10.2. The second kappa shape index (κ2) is 11.5. The van der Waals surface area contributed by atoms with E-state index < -0.39 is 0 Å². The molecule has 0 atom stereocenters. The Balaban J connectivity index is 2.65. The zero-order valence-corrected chi connectivity index (χ0v) is 17.1. The zero-order valence-electron chi connectivity index (χ0n) is 17.1. The van der Waals surface area contributed by atoms with Crippen LogP contribution < -0.4 is 10.6 Å². The van der Waals surface area contributed by atoms with Gasteiger partial charge in [0, 0.05) is 39.3 Å². The second-order valence-electron chi connectivity index (χ2n) is 7.14. The fourth-order valence-electron chi connectivity index (χ4n) is 2.66. The molecule has 2 N–H and O–H groups in total. The van der Waals surface area contributed by atoms with E-state index in [-0.39, 0.29) is 12.5 Å². The van der Waals surface area contributed by atoms with E-state index >= 15 is 0 Å². The number of nitrogens with zero attached hydrogens (tertiary/aromatic N) is 3. The largest absolute Gasteiger partial charge is 0.355 e. The first kappa shape index (κ1) is 22.0. The first-order valence-corrected chi connectivity index (χ1v) is 9.33. The number of carbonyl (C=O) groups is 1. The molecule has 1 aromatic carbocycles. The molecule has 6 nitrogen and oxygen atoms in total. The Hall–Kier alpha value is -2.08. The van der Waals surface area contributed by atoms with Crippen molar-refractivity contribution in [1.29, 1.82) is 0 Å². The Labute approximate surface area is 158 Å². The van der Waals surface area contributed by atoms with Crippen molar-refractivity contribution in [2.45, 2.75) is 46.3 Å². The van der Waals surface area contributed by atoms with Gasteiger partial charge in [0.25, 0.3) is 0 Å². The van der Waals surface area contributed by atoms with E-state index in [0.29, 0.717) is 24.6 Å². The van der Waals surface area contributed by atoms with Crippen LogP contribution in [0.3, 0.4) is 0 Å².